The number of aliphatic carboxylic acids is 1. The van der Waals surface area contributed by atoms with Gasteiger partial charge in [0, 0.05) is 10.8 Å². The maximum absolute atomic E-state index is 12.0. The third-order valence-electron chi connectivity index (χ3n) is 3.33. The van der Waals surface area contributed by atoms with Gasteiger partial charge in [0.15, 0.2) is 0 Å². The molecule has 5 nitrogen and oxygen atoms in total. The summed E-state index contributed by atoms with van der Waals surface area (Å²) in [5.74, 6) is -1.40. The lowest BCUT2D eigenvalue weighted by atomic mass is 9.98. The molecule has 1 rings (SSSR count). The molecule has 1 aromatic rings. The van der Waals surface area contributed by atoms with E-state index in [1.807, 2.05) is 19.2 Å². The van der Waals surface area contributed by atoms with Gasteiger partial charge in [0.05, 0.1) is 17.1 Å². The van der Waals surface area contributed by atoms with Crippen LogP contribution in [0.15, 0.2) is 5.38 Å². The van der Waals surface area contributed by atoms with Crippen LogP contribution in [-0.2, 0) is 21.4 Å². The fraction of sp³-hybridized carbons (Fsp3) is 0.667. The number of rotatable bonds is 6. The Morgan fingerprint density at radius 3 is 2.48 bits per heavy atom. The molecule has 0 saturated carbocycles. The predicted molar refractivity (Wildman–Crippen MR) is 83.5 cm³/mol. The monoisotopic (exact) mass is 312 g/mol. The van der Waals surface area contributed by atoms with Gasteiger partial charge in [0.1, 0.15) is 6.04 Å². The second-order valence-electron chi connectivity index (χ2n) is 6.34. The van der Waals surface area contributed by atoms with Crippen LogP contribution in [0.3, 0.4) is 0 Å². The summed E-state index contributed by atoms with van der Waals surface area (Å²) in [6.45, 7) is 9.93. The van der Waals surface area contributed by atoms with E-state index < -0.39 is 12.0 Å². The minimum atomic E-state index is -0.994. The van der Waals surface area contributed by atoms with Crippen molar-refractivity contribution in [2.75, 3.05) is 0 Å². The van der Waals surface area contributed by atoms with Crippen molar-refractivity contribution in [1.82, 2.24) is 10.3 Å². The SMILES string of the molecule is CCC(C)C(NC(=O)Cc1csc(C(C)(C)C)n1)C(=O)O. The van der Waals surface area contributed by atoms with Crippen LogP contribution in [0.1, 0.15) is 51.7 Å². The van der Waals surface area contributed by atoms with Crippen molar-refractivity contribution >= 4 is 23.2 Å². The molecule has 0 saturated heterocycles. The number of carbonyl (C=O) groups is 2. The van der Waals surface area contributed by atoms with E-state index in [2.05, 4.69) is 31.1 Å². The maximum Gasteiger partial charge on any atom is 0.326 e. The molecule has 2 atom stereocenters. The minimum Gasteiger partial charge on any atom is -0.480 e. The van der Waals surface area contributed by atoms with E-state index in [1.165, 1.54) is 11.3 Å². The van der Waals surface area contributed by atoms with Gasteiger partial charge in [-0.3, -0.25) is 4.79 Å². The van der Waals surface area contributed by atoms with E-state index in [4.69, 9.17) is 0 Å². The van der Waals surface area contributed by atoms with E-state index >= 15 is 0 Å². The van der Waals surface area contributed by atoms with Gasteiger partial charge in [-0.15, -0.1) is 11.3 Å². The first-order valence-corrected chi connectivity index (χ1v) is 8.00. The van der Waals surface area contributed by atoms with Crippen molar-refractivity contribution in [3.8, 4) is 0 Å². The van der Waals surface area contributed by atoms with E-state index in [0.717, 1.165) is 5.01 Å². The second-order valence-corrected chi connectivity index (χ2v) is 7.20. The zero-order valence-corrected chi connectivity index (χ0v) is 14.1. The van der Waals surface area contributed by atoms with Crippen LogP contribution in [0, 0.1) is 5.92 Å². The number of nitrogens with zero attached hydrogens (tertiary/aromatic N) is 1. The third-order valence-corrected chi connectivity index (χ3v) is 4.65. The fourth-order valence-electron chi connectivity index (χ4n) is 1.80. The van der Waals surface area contributed by atoms with Crippen molar-refractivity contribution in [1.29, 1.82) is 0 Å². The summed E-state index contributed by atoms with van der Waals surface area (Å²) in [6.07, 6.45) is 0.814. The van der Waals surface area contributed by atoms with Crippen LogP contribution >= 0.6 is 11.3 Å². The van der Waals surface area contributed by atoms with Crippen molar-refractivity contribution in [2.24, 2.45) is 5.92 Å². The third kappa shape index (κ3) is 5.12. The number of hydrogen-bond acceptors (Lipinski definition) is 4. The van der Waals surface area contributed by atoms with Gasteiger partial charge in [-0.1, -0.05) is 41.0 Å². The Bertz CT molecular complexity index is 505. The molecular weight excluding hydrogens is 288 g/mol. The number of aromatic nitrogens is 1. The Morgan fingerprint density at radius 2 is 2.05 bits per heavy atom. The number of thiazole rings is 1. The molecule has 0 bridgehead atoms. The van der Waals surface area contributed by atoms with Gasteiger partial charge in [-0.05, 0) is 5.92 Å². The first-order valence-electron chi connectivity index (χ1n) is 7.12. The summed E-state index contributed by atoms with van der Waals surface area (Å²) in [5.41, 5.74) is 0.649. The van der Waals surface area contributed by atoms with Crippen LogP contribution < -0.4 is 5.32 Å². The highest BCUT2D eigenvalue weighted by Crippen LogP contribution is 2.25. The summed E-state index contributed by atoms with van der Waals surface area (Å²) in [5, 5.41) is 14.6. The lowest BCUT2D eigenvalue weighted by Crippen LogP contribution is -2.45. The highest BCUT2D eigenvalue weighted by molar-refractivity contribution is 7.09. The molecule has 1 amide bonds. The molecule has 1 aromatic heterocycles. The number of carboxylic acids is 1. The second kappa shape index (κ2) is 7.02. The first kappa shape index (κ1) is 17.6. The molecule has 2 unspecified atom stereocenters. The summed E-state index contributed by atoms with van der Waals surface area (Å²) in [4.78, 5) is 27.6. The van der Waals surface area contributed by atoms with E-state index in [0.29, 0.717) is 12.1 Å². The average Bonchev–Trinajstić information content (AvgIpc) is 2.83. The highest BCUT2D eigenvalue weighted by Gasteiger charge is 2.26. The Kier molecular flexibility index (Phi) is 5.89. The molecule has 0 radical (unpaired) electrons. The molecule has 0 aliphatic heterocycles. The lowest BCUT2D eigenvalue weighted by molar-refractivity contribution is -0.143. The topological polar surface area (TPSA) is 79.3 Å². The number of carboxylic acid groups (broad SMARTS) is 1. The molecule has 6 heteroatoms. The molecule has 0 aromatic carbocycles. The predicted octanol–water partition coefficient (Wildman–Crippen LogP) is 2.60. The van der Waals surface area contributed by atoms with Crippen LogP contribution in [0.4, 0.5) is 0 Å². The number of amides is 1. The molecule has 0 fully saturated rings. The summed E-state index contributed by atoms with van der Waals surface area (Å²) >= 11 is 1.53. The highest BCUT2D eigenvalue weighted by atomic mass is 32.1. The van der Waals surface area contributed by atoms with Crippen molar-refractivity contribution in [3.05, 3.63) is 16.1 Å². The summed E-state index contributed by atoms with van der Waals surface area (Å²) in [7, 11) is 0. The van der Waals surface area contributed by atoms with Gasteiger partial charge in [-0.2, -0.15) is 0 Å². The molecule has 0 aliphatic carbocycles. The number of carbonyl (C=O) groups excluding carboxylic acids is 1. The first-order chi connectivity index (χ1) is 9.65. The Hall–Kier alpha value is -1.43. The Morgan fingerprint density at radius 1 is 1.43 bits per heavy atom. The largest absolute Gasteiger partial charge is 0.480 e. The van der Waals surface area contributed by atoms with Crippen LogP contribution in [0.2, 0.25) is 0 Å². The standard InChI is InChI=1S/C15H24N2O3S/c1-6-9(2)12(13(19)20)17-11(18)7-10-8-21-14(16-10)15(3,4)5/h8-9,12H,6-7H2,1-5H3,(H,17,18)(H,19,20). The molecule has 0 spiro atoms. The Balaban J connectivity index is 2.68. The zero-order chi connectivity index (χ0) is 16.2. The normalized spacial score (nSPS) is 14.5. The molecule has 0 aliphatic rings. The van der Waals surface area contributed by atoms with Gasteiger partial charge >= 0.3 is 5.97 Å². The molecule has 21 heavy (non-hydrogen) atoms. The quantitative estimate of drug-likeness (QED) is 0.846. The molecular formula is C15H24N2O3S. The number of nitrogens with one attached hydrogen (secondary N) is 1. The Labute approximate surface area is 129 Å². The van der Waals surface area contributed by atoms with Crippen LogP contribution in [0.5, 0.6) is 0 Å². The smallest absolute Gasteiger partial charge is 0.326 e. The average molecular weight is 312 g/mol. The van der Waals surface area contributed by atoms with E-state index in [-0.39, 0.29) is 23.7 Å². The zero-order valence-electron chi connectivity index (χ0n) is 13.3. The van der Waals surface area contributed by atoms with E-state index in [1.54, 1.807) is 0 Å². The molecule has 1 heterocycles. The van der Waals surface area contributed by atoms with Crippen molar-refractivity contribution in [2.45, 2.75) is 58.9 Å². The van der Waals surface area contributed by atoms with Gasteiger partial charge < -0.3 is 10.4 Å². The molecule has 2 N–H and O–H groups in total. The summed E-state index contributed by atoms with van der Waals surface area (Å²) < 4.78 is 0. The van der Waals surface area contributed by atoms with Gasteiger partial charge in [-0.25, -0.2) is 9.78 Å². The maximum atomic E-state index is 12.0. The van der Waals surface area contributed by atoms with Crippen LogP contribution in [0.25, 0.3) is 0 Å². The molecule has 118 valence electrons. The fourth-order valence-corrected chi connectivity index (χ4v) is 2.71. The van der Waals surface area contributed by atoms with Crippen LogP contribution in [-0.4, -0.2) is 28.0 Å². The van der Waals surface area contributed by atoms with E-state index in [9.17, 15) is 14.7 Å². The minimum absolute atomic E-state index is 0.0419. The summed E-state index contributed by atoms with van der Waals surface area (Å²) in [6, 6.07) is -0.844. The number of hydrogen-bond donors (Lipinski definition) is 2. The van der Waals surface area contributed by atoms with Gasteiger partial charge in [0.25, 0.3) is 0 Å². The van der Waals surface area contributed by atoms with Gasteiger partial charge in [0.2, 0.25) is 5.91 Å². The lowest BCUT2D eigenvalue weighted by Gasteiger charge is -2.19. The van der Waals surface area contributed by atoms with Crippen molar-refractivity contribution in [3.63, 3.8) is 0 Å². The van der Waals surface area contributed by atoms with Crippen molar-refractivity contribution < 1.29 is 14.7 Å².